The zero-order valence-electron chi connectivity index (χ0n) is 11.3. The van der Waals surface area contributed by atoms with Crippen molar-refractivity contribution >= 4 is 5.69 Å². The molecule has 20 heavy (non-hydrogen) atoms. The lowest BCUT2D eigenvalue weighted by atomic mass is 10.1. The molecule has 98 valence electrons. The van der Waals surface area contributed by atoms with Crippen LogP contribution in [0.4, 0.5) is 5.69 Å². The van der Waals surface area contributed by atoms with E-state index in [4.69, 9.17) is 0 Å². The number of hydrogen-bond donors (Lipinski definition) is 1. The van der Waals surface area contributed by atoms with Crippen LogP contribution < -0.4 is 5.32 Å². The minimum Gasteiger partial charge on any atom is -0.381 e. The molecule has 0 saturated heterocycles. The van der Waals surface area contributed by atoms with Crippen LogP contribution >= 0.6 is 0 Å². The van der Waals surface area contributed by atoms with Crippen LogP contribution in [0.1, 0.15) is 5.56 Å². The second-order valence-electron chi connectivity index (χ2n) is 4.79. The van der Waals surface area contributed by atoms with Crippen LogP contribution in [0.15, 0.2) is 84.9 Å². The first-order valence-corrected chi connectivity index (χ1v) is 6.85. The zero-order chi connectivity index (χ0) is 13.6. The number of benzene rings is 3. The van der Waals surface area contributed by atoms with E-state index in [-0.39, 0.29) is 0 Å². The van der Waals surface area contributed by atoms with Crippen molar-refractivity contribution in [2.45, 2.75) is 6.54 Å². The molecule has 0 aliphatic heterocycles. The molecule has 3 aromatic rings. The maximum Gasteiger partial charge on any atom is 0.0400 e. The summed E-state index contributed by atoms with van der Waals surface area (Å²) in [6.07, 6.45) is 0. The fourth-order valence-corrected chi connectivity index (χ4v) is 2.24. The van der Waals surface area contributed by atoms with Crippen molar-refractivity contribution in [1.82, 2.24) is 0 Å². The van der Waals surface area contributed by atoms with E-state index in [0.717, 1.165) is 12.2 Å². The van der Waals surface area contributed by atoms with Crippen LogP contribution in [0.3, 0.4) is 0 Å². The third kappa shape index (κ3) is 3.07. The Balaban J connectivity index is 1.75. The van der Waals surface area contributed by atoms with Gasteiger partial charge in [0.15, 0.2) is 0 Å². The van der Waals surface area contributed by atoms with E-state index in [1.54, 1.807) is 0 Å². The van der Waals surface area contributed by atoms with Crippen LogP contribution in [0, 0.1) is 0 Å². The summed E-state index contributed by atoms with van der Waals surface area (Å²) >= 11 is 0. The molecule has 0 radical (unpaired) electrons. The van der Waals surface area contributed by atoms with Crippen molar-refractivity contribution < 1.29 is 0 Å². The predicted octanol–water partition coefficient (Wildman–Crippen LogP) is 4.97. The SMILES string of the molecule is c1ccc(CNc2cccc(-c3ccccc3)c2)cc1. The molecule has 0 aliphatic carbocycles. The van der Waals surface area contributed by atoms with Gasteiger partial charge in [-0.2, -0.15) is 0 Å². The van der Waals surface area contributed by atoms with E-state index in [2.05, 4.69) is 78.1 Å². The quantitative estimate of drug-likeness (QED) is 0.697. The molecule has 0 unspecified atom stereocenters. The summed E-state index contributed by atoms with van der Waals surface area (Å²) in [6.45, 7) is 0.846. The Kier molecular flexibility index (Phi) is 3.79. The minimum absolute atomic E-state index is 0.846. The predicted molar refractivity (Wildman–Crippen MR) is 85.6 cm³/mol. The van der Waals surface area contributed by atoms with E-state index in [9.17, 15) is 0 Å². The molecular formula is C19H17N. The first-order chi connectivity index (χ1) is 9.92. The van der Waals surface area contributed by atoms with E-state index < -0.39 is 0 Å². The van der Waals surface area contributed by atoms with E-state index in [1.807, 2.05) is 12.1 Å². The molecule has 0 spiro atoms. The van der Waals surface area contributed by atoms with Crippen molar-refractivity contribution in [3.05, 3.63) is 90.5 Å². The van der Waals surface area contributed by atoms with Gasteiger partial charge in [-0.3, -0.25) is 0 Å². The number of hydrogen-bond acceptors (Lipinski definition) is 1. The molecule has 0 atom stereocenters. The lowest BCUT2D eigenvalue weighted by Crippen LogP contribution is -1.98. The lowest BCUT2D eigenvalue weighted by molar-refractivity contribution is 1.15. The third-order valence-corrected chi connectivity index (χ3v) is 3.31. The summed E-state index contributed by atoms with van der Waals surface area (Å²) in [6, 6.07) is 29.4. The summed E-state index contributed by atoms with van der Waals surface area (Å²) in [5, 5.41) is 3.47. The molecule has 3 aromatic carbocycles. The molecule has 0 aromatic heterocycles. The standard InChI is InChI=1S/C19H17N/c1-3-8-16(9-4-1)15-20-19-13-7-12-18(14-19)17-10-5-2-6-11-17/h1-14,20H,15H2. The monoisotopic (exact) mass is 259 g/mol. The van der Waals surface area contributed by atoms with Gasteiger partial charge in [0.05, 0.1) is 0 Å². The molecule has 1 N–H and O–H groups in total. The van der Waals surface area contributed by atoms with Gasteiger partial charge >= 0.3 is 0 Å². The fourth-order valence-electron chi connectivity index (χ4n) is 2.24. The molecule has 3 rings (SSSR count). The van der Waals surface area contributed by atoms with Crippen LogP contribution in [0.5, 0.6) is 0 Å². The maximum atomic E-state index is 3.47. The molecule has 0 aliphatic rings. The van der Waals surface area contributed by atoms with Gasteiger partial charge in [-0.25, -0.2) is 0 Å². The highest BCUT2D eigenvalue weighted by molar-refractivity contribution is 5.67. The van der Waals surface area contributed by atoms with Gasteiger partial charge in [0, 0.05) is 12.2 Å². The Labute approximate surface area is 119 Å². The van der Waals surface area contributed by atoms with Gasteiger partial charge in [-0.05, 0) is 28.8 Å². The first-order valence-electron chi connectivity index (χ1n) is 6.85. The number of anilines is 1. The van der Waals surface area contributed by atoms with Crippen molar-refractivity contribution in [2.75, 3.05) is 5.32 Å². The second kappa shape index (κ2) is 6.07. The molecule has 0 saturated carbocycles. The molecule has 0 amide bonds. The Bertz CT molecular complexity index is 660. The zero-order valence-corrected chi connectivity index (χ0v) is 11.3. The Hall–Kier alpha value is -2.54. The molecule has 1 heteroatoms. The van der Waals surface area contributed by atoms with Crippen molar-refractivity contribution in [1.29, 1.82) is 0 Å². The normalized spacial score (nSPS) is 10.2. The largest absolute Gasteiger partial charge is 0.381 e. The van der Waals surface area contributed by atoms with E-state index in [1.165, 1.54) is 16.7 Å². The Morgan fingerprint density at radius 2 is 1.25 bits per heavy atom. The van der Waals surface area contributed by atoms with Gasteiger partial charge in [-0.1, -0.05) is 72.8 Å². The average molecular weight is 259 g/mol. The average Bonchev–Trinajstić information content (AvgIpc) is 2.55. The van der Waals surface area contributed by atoms with Crippen molar-refractivity contribution in [3.8, 4) is 11.1 Å². The van der Waals surface area contributed by atoms with Crippen molar-refractivity contribution in [3.63, 3.8) is 0 Å². The lowest BCUT2D eigenvalue weighted by Gasteiger charge is -2.09. The number of rotatable bonds is 4. The fraction of sp³-hybridized carbons (Fsp3) is 0.0526. The Morgan fingerprint density at radius 3 is 2.00 bits per heavy atom. The van der Waals surface area contributed by atoms with Gasteiger partial charge < -0.3 is 5.32 Å². The van der Waals surface area contributed by atoms with Crippen molar-refractivity contribution in [2.24, 2.45) is 0 Å². The summed E-state index contributed by atoms with van der Waals surface area (Å²) < 4.78 is 0. The minimum atomic E-state index is 0.846. The second-order valence-corrected chi connectivity index (χ2v) is 4.79. The summed E-state index contributed by atoms with van der Waals surface area (Å²) in [5.41, 5.74) is 4.92. The summed E-state index contributed by atoms with van der Waals surface area (Å²) in [4.78, 5) is 0. The highest BCUT2D eigenvalue weighted by Gasteiger charge is 1.98. The first kappa shape index (κ1) is 12.5. The van der Waals surface area contributed by atoms with Crippen LogP contribution in [-0.2, 0) is 6.54 Å². The molecule has 0 fully saturated rings. The van der Waals surface area contributed by atoms with E-state index >= 15 is 0 Å². The smallest absolute Gasteiger partial charge is 0.0400 e. The van der Waals surface area contributed by atoms with Gasteiger partial charge in [0.25, 0.3) is 0 Å². The molecular weight excluding hydrogens is 242 g/mol. The molecule has 0 bridgehead atoms. The van der Waals surface area contributed by atoms with Gasteiger partial charge in [-0.15, -0.1) is 0 Å². The Morgan fingerprint density at radius 1 is 0.600 bits per heavy atom. The van der Waals surface area contributed by atoms with Crippen LogP contribution in [0.25, 0.3) is 11.1 Å². The summed E-state index contributed by atoms with van der Waals surface area (Å²) in [7, 11) is 0. The molecule has 0 heterocycles. The highest BCUT2D eigenvalue weighted by atomic mass is 14.9. The van der Waals surface area contributed by atoms with Crippen LogP contribution in [0.2, 0.25) is 0 Å². The highest BCUT2D eigenvalue weighted by Crippen LogP contribution is 2.22. The summed E-state index contributed by atoms with van der Waals surface area (Å²) in [5.74, 6) is 0. The van der Waals surface area contributed by atoms with E-state index in [0.29, 0.717) is 0 Å². The van der Waals surface area contributed by atoms with Crippen LogP contribution in [-0.4, -0.2) is 0 Å². The third-order valence-electron chi connectivity index (χ3n) is 3.31. The van der Waals surface area contributed by atoms with Gasteiger partial charge in [0.1, 0.15) is 0 Å². The number of nitrogens with one attached hydrogen (secondary N) is 1. The van der Waals surface area contributed by atoms with Gasteiger partial charge in [0.2, 0.25) is 0 Å². The molecule has 1 nitrogen and oxygen atoms in total. The maximum absolute atomic E-state index is 3.47. The topological polar surface area (TPSA) is 12.0 Å².